The zero-order chi connectivity index (χ0) is 8.53. The molecule has 0 heterocycles. The number of carbonyl (C=O) groups excluding carboxylic acids is 1. The average Bonchev–Trinajstić information content (AvgIpc) is 1.96. The molecular formula is C8H16N2O. The van der Waals surface area contributed by atoms with Crippen LogP contribution < -0.4 is 11.5 Å². The molecule has 3 nitrogen and oxygen atoms in total. The van der Waals surface area contributed by atoms with E-state index in [2.05, 4.69) is 0 Å². The number of rotatable bonds is 6. The number of hydrogen-bond donors (Lipinski definition) is 2. The number of allylic oxidation sites excluding steroid dienone is 1. The van der Waals surface area contributed by atoms with Crippen molar-refractivity contribution in [3.8, 4) is 0 Å². The highest BCUT2D eigenvalue weighted by molar-refractivity contribution is 5.75. The highest BCUT2D eigenvalue weighted by Crippen LogP contribution is 1.95. The van der Waals surface area contributed by atoms with Crippen LogP contribution >= 0.6 is 0 Å². The first-order chi connectivity index (χ1) is 5.27. The molecule has 64 valence electrons. The Hall–Kier alpha value is -0.830. The normalized spacial score (nSPS) is 10.6. The predicted octanol–water partition coefficient (Wildman–Crippen LogP) is 0.547. The zero-order valence-electron chi connectivity index (χ0n) is 6.75. The first kappa shape index (κ1) is 10.2. The third-order valence-corrected chi connectivity index (χ3v) is 1.31. The van der Waals surface area contributed by atoms with E-state index in [9.17, 15) is 4.79 Å². The molecule has 0 aliphatic rings. The van der Waals surface area contributed by atoms with Crippen LogP contribution in [0.5, 0.6) is 0 Å². The molecule has 0 aromatic carbocycles. The van der Waals surface area contributed by atoms with Crippen molar-refractivity contribution in [1.29, 1.82) is 0 Å². The predicted molar refractivity (Wildman–Crippen MR) is 45.9 cm³/mol. The largest absolute Gasteiger partial charge is 0.369 e. The van der Waals surface area contributed by atoms with Crippen LogP contribution in [0, 0.1) is 0 Å². The quantitative estimate of drug-likeness (QED) is 0.435. The van der Waals surface area contributed by atoms with E-state index < -0.39 is 0 Å². The second-order valence-corrected chi connectivity index (χ2v) is 2.43. The molecule has 1 amide bonds. The van der Waals surface area contributed by atoms with Crippen molar-refractivity contribution in [2.75, 3.05) is 6.54 Å². The Morgan fingerprint density at radius 1 is 1.27 bits per heavy atom. The molecule has 0 aromatic heterocycles. The minimum absolute atomic E-state index is 0.278. The minimum Gasteiger partial charge on any atom is -0.369 e. The number of amides is 1. The fourth-order valence-corrected chi connectivity index (χ4v) is 0.724. The molecule has 0 saturated heterocycles. The van der Waals surface area contributed by atoms with Gasteiger partial charge in [-0.2, -0.15) is 0 Å². The topological polar surface area (TPSA) is 69.1 Å². The molecule has 0 aromatic rings. The standard InChI is InChI=1S/C8H16N2O/c9-7-5-3-1-2-4-6-8(10)11/h2,4H,1,3,5-7,9H2,(H2,10,11). The number of nitrogens with two attached hydrogens (primary N) is 2. The van der Waals surface area contributed by atoms with Gasteiger partial charge in [-0.25, -0.2) is 0 Å². The summed E-state index contributed by atoms with van der Waals surface area (Å²) in [5, 5.41) is 0. The molecule has 4 N–H and O–H groups in total. The third kappa shape index (κ3) is 9.17. The number of primary amides is 1. The summed E-state index contributed by atoms with van der Waals surface area (Å²) in [6.45, 7) is 0.740. The maximum Gasteiger partial charge on any atom is 0.221 e. The lowest BCUT2D eigenvalue weighted by molar-refractivity contribution is -0.117. The van der Waals surface area contributed by atoms with E-state index in [0.717, 1.165) is 25.8 Å². The van der Waals surface area contributed by atoms with E-state index in [4.69, 9.17) is 11.5 Å². The van der Waals surface area contributed by atoms with Crippen molar-refractivity contribution in [2.24, 2.45) is 11.5 Å². The van der Waals surface area contributed by atoms with Gasteiger partial charge in [0.1, 0.15) is 0 Å². The summed E-state index contributed by atoms with van der Waals surface area (Å²) < 4.78 is 0. The molecule has 11 heavy (non-hydrogen) atoms. The second-order valence-electron chi connectivity index (χ2n) is 2.43. The van der Waals surface area contributed by atoms with Crippen LogP contribution in [-0.4, -0.2) is 12.5 Å². The average molecular weight is 156 g/mol. The van der Waals surface area contributed by atoms with E-state index in [1.807, 2.05) is 6.08 Å². The van der Waals surface area contributed by atoms with Crippen molar-refractivity contribution >= 4 is 5.91 Å². The molecule has 0 bridgehead atoms. The first-order valence-electron chi connectivity index (χ1n) is 3.90. The van der Waals surface area contributed by atoms with Gasteiger partial charge in [-0.15, -0.1) is 0 Å². The Labute approximate surface area is 67.4 Å². The molecule has 0 rings (SSSR count). The van der Waals surface area contributed by atoms with E-state index in [0.29, 0.717) is 6.42 Å². The fourth-order valence-electron chi connectivity index (χ4n) is 0.724. The molecule has 0 atom stereocenters. The Morgan fingerprint density at radius 2 is 2.00 bits per heavy atom. The van der Waals surface area contributed by atoms with Crippen LogP contribution in [0.3, 0.4) is 0 Å². The lowest BCUT2D eigenvalue weighted by Crippen LogP contribution is -2.07. The Bertz CT molecular complexity index is 132. The van der Waals surface area contributed by atoms with Crippen molar-refractivity contribution in [3.63, 3.8) is 0 Å². The molecule has 0 saturated carbocycles. The second kappa shape index (κ2) is 7.28. The van der Waals surface area contributed by atoms with Crippen LogP contribution in [0.15, 0.2) is 12.2 Å². The summed E-state index contributed by atoms with van der Waals surface area (Å²) in [5.74, 6) is -0.278. The van der Waals surface area contributed by atoms with Gasteiger partial charge < -0.3 is 11.5 Å². The van der Waals surface area contributed by atoms with Gasteiger partial charge in [-0.3, -0.25) is 4.79 Å². The molecule has 0 radical (unpaired) electrons. The Morgan fingerprint density at radius 3 is 2.55 bits per heavy atom. The number of unbranched alkanes of at least 4 members (excludes halogenated alkanes) is 2. The highest BCUT2D eigenvalue weighted by Gasteiger charge is 1.86. The maximum atomic E-state index is 10.2. The fraction of sp³-hybridized carbons (Fsp3) is 0.625. The minimum atomic E-state index is -0.278. The van der Waals surface area contributed by atoms with Gasteiger partial charge in [0.2, 0.25) is 5.91 Å². The van der Waals surface area contributed by atoms with Gasteiger partial charge in [-0.05, 0) is 25.8 Å². The SMILES string of the molecule is NCCCCC=CCC(N)=O. The summed E-state index contributed by atoms with van der Waals surface area (Å²) in [7, 11) is 0. The van der Waals surface area contributed by atoms with Crippen molar-refractivity contribution in [3.05, 3.63) is 12.2 Å². The lowest BCUT2D eigenvalue weighted by atomic mass is 10.2. The van der Waals surface area contributed by atoms with Crippen LogP contribution in [0.2, 0.25) is 0 Å². The van der Waals surface area contributed by atoms with Gasteiger partial charge in [0, 0.05) is 6.42 Å². The lowest BCUT2D eigenvalue weighted by Gasteiger charge is -1.90. The molecule has 0 spiro atoms. The van der Waals surface area contributed by atoms with Crippen molar-refractivity contribution in [2.45, 2.75) is 25.7 Å². The van der Waals surface area contributed by atoms with Crippen molar-refractivity contribution in [1.82, 2.24) is 0 Å². The van der Waals surface area contributed by atoms with Gasteiger partial charge in [0.05, 0.1) is 0 Å². The Kier molecular flexibility index (Phi) is 6.73. The van der Waals surface area contributed by atoms with Gasteiger partial charge in [0.25, 0.3) is 0 Å². The molecule has 0 aliphatic carbocycles. The molecule has 0 unspecified atom stereocenters. The molecule has 0 fully saturated rings. The molecule has 0 aliphatic heterocycles. The number of hydrogen-bond acceptors (Lipinski definition) is 2. The van der Waals surface area contributed by atoms with E-state index in [-0.39, 0.29) is 5.91 Å². The maximum absolute atomic E-state index is 10.2. The van der Waals surface area contributed by atoms with Crippen LogP contribution in [0.25, 0.3) is 0 Å². The van der Waals surface area contributed by atoms with E-state index in [1.54, 1.807) is 6.08 Å². The summed E-state index contributed by atoms with van der Waals surface area (Å²) in [6, 6.07) is 0. The summed E-state index contributed by atoms with van der Waals surface area (Å²) in [6.07, 6.45) is 7.25. The van der Waals surface area contributed by atoms with Crippen molar-refractivity contribution < 1.29 is 4.79 Å². The van der Waals surface area contributed by atoms with Gasteiger partial charge >= 0.3 is 0 Å². The molecule has 3 heteroatoms. The third-order valence-electron chi connectivity index (χ3n) is 1.31. The van der Waals surface area contributed by atoms with Gasteiger partial charge in [-0.1, -0.05) is 12.2 Å². The first-order valence-corrected chi connectivity index (χ1v) is 3.90. The number of carbonyl (C=O) groups is 1. The van der Waals surface area contributed by atoms with Gasteiger partial charge in [0.15, 0.2) is 0 Å². The molecular weight excluding hydrogens is 140 g/mol. The van der Waals surface area contributed by atoms with Crippen LogP contribution in [0.4, 0.5) is 0 Å². The van der Waals surface area contributed by atoms with E-state index in [1.165, 1.54) is 0 Å². The summed E-state index contributed by atoms with van der Waals surface area (Å²) >= 11 is 0. The monoisotopic (exact) mass is 156 g/mol. The van der Waals surface area contributed by atoms with Crippen LogP contribution in [-0.2, 0) is 4.79 Å². The summed E-state index contributed by atoms with van der Waals surface area (Å²) in [4.78, 5) is 10.2. The summed E-state index contributed by atoms with van der Waals surface area (Å²) in [5.41, 5.74) is 10.2. The zero-order valence-corrected chi connectivity index (χ0v) is 6.75. The Balaban J connectivity index is 3.10. The van der Waals surface area contributed by atoms with Crippen LogP contribution in [0.1, 0.15) is 25.7 Å². The smallest absolute Gasteiger partial charge is 0.221 e. The highest BCUT2D eigenvalue weighted by atomic mass is 16.1. The van der Waals surface area contributed by atoms with E-state index >= 15 is 0 Å².